The molecule has 9 nitrogen and oxygen atoms in total. The number of amides is 2. The monoisotopic (exact) mass is 448 g/mol. The Morgan fingerprint density at radius 1 is 1.06 bits per heavy atom. The molecular weight excluding hydrogens is 420 g/mol. The molecule has 2 amide bonds. The lowest BCUT2D eigenvalue weighted by Gasteiger charge is -2.16. The number of methoxy groups -OCH3 is 1. The molecule has 0 aliphatic heterocycles. The highest BCUT2D eigenvalue weighted by molar-refractivity contribution is 7.89. The average molecular weight is 449 g/mol. The van der Waals surface area contributed by atoms with E-state index in [1.54, 1.807) is 30.3 Å². The summed E-state index contributed by atoms with van der Waals surface area (Å²) in [4.78, 5) is 24.4. The van der Waals surface area contributed by atoms with Crippen molar-refractivity contribution in [3.8, 4) is 5.75 Å². The molecule has 0 saturated heterocycles. The lowest BCUT2D eigenvalue weighted by molar-refractivity contribution is -0.114. The minimum absolute atomic E-state index is 0.0449. The molecule has 0 aliphatic carbocycles. The molecular formula is C21H28N4O5S. The number of hydrogen-bond donors (Lipinski definition) is 3. The zero-order valence-electron chi connectivity index (χ0n) is 18.1. The van der Waals surface area contributed by atoms with Crippen LogP contribution in [0.15, 0.2) is 47.4 Å². The van der Waals surface area contributed by atoms with Gasteiger partial charge in [-0.05, 0) is 42.8 Å². The zero-order valence-corrected chi connectivity index (χ0v) is 18.9. The maximum absolute atomic E-state index is 12.5. The first-order valence-corrected chi connectivity index (χ1v) is 11.2. The van der Waals surface area contributed by atoms with E-state index in [0.29, 0.717) is 23.5 Å². The zero-order chi connectivity index (χ0) is 23.0. The first-order valence-electron chi connectivity index (χ1n) is 9.71. The number of benzene rings is 2. The largest absolute Gasteiger partial charge is 0.495 e. The number of hydrogen-bond acceptors (Lipinski definition) is 6. The lowest BCUT2D eigenvalue weighted by atomic mass is 10.2. The van der Waals surface area contributed by atoms with Gasteiger partial charge in [0.15, 0.2) is 0 Å². The number of carbonyl (C=O) groups is 2. The van der Waals surface area contributed by atoms with Gasteiger partial charge in [-0.15, -0.1) is 0 Å². The van der Waals surface area contributed by atoms with Crippen LogP contribution in [-0.4, -0.2) is 58.8 Å². The van der Waals surface area contributed by atoms with Crippen LogP contribution in [0.25, 0.3) is 0 Å². The number of sulfonamides is 1. The highest BCUT2D eigenvalue weighted by atomic mass is 32.2. The van der Waals surface area contributed by atoms with E-state index >= 15 is 0 Å². The van der Waals surface area contributed by atoms with Gasteiger partial charge in [0.05, 0.1) is 13.7 Å². The summed E-state index contributed by atoms with van der Waals surface area (Å²) in [5.41, 5.74) is 1.43. The second-order valence-electron chi connectivity index (χ2n) is 6.89. The second kappa shape index (κ2) is 10.8. The Balaban J connectivity index is 2.06. The van der Waals surface area contributed by atoms with Crippen molar-refractivity contribution in [2.45, 2.75) is 18.2 Å². The fourth-order valence-corrected chi connectivity index (χ4v) is 3.73. The van der Waals surface area contributed by atoms with Crippen LogP contribution in [0, 0.1) is 0 Å². The van der Waals surface area contributed by atoms with E-state index in [2.05, 4.69) is 16.0 Å². The number of nitrogens with one attached hydrogen (secondary N) is 3. The summed E-state index contributed by atoms with van der Waals surface area (Å²) in [5.74, 6) is -0.370. The van der Waals surface area contributed by atoms with Gasteiger partial charge in [0, 0.05) is 37.6 Å². The van der Waals surface area contributed by atoms with Crippen LogP contribution >= 0.6 is 0 Å². The molecule has 0 saturated carbocycles. The van der Waals surface area contributed by atoms with E-state index in [1.165, 1.54) is 33.3 Å². The maximum Gasteiger partial charge on any atom is 0.251 e. The smallest absolute Gasteiger partial charge is 0.251 e. The van der Waals surface area contributed by atoms with Gasteiger partial charge in [-0.1, -0.05) is 13.0 Å². The molecule has 2 aromatic rings. The van der Waals surface area contributed by atoms with Crippen LogP contribution in [0.2, 0.25) is 0 Å². The summed E-state index contributed by atoms with van der Waals surface area (Å²) in [5, 5.41) is 8.42. The Morgan fingerprint density at radius 2 is 1.81 bits per heavy atom. The molecule has 0 fully saturated rings. The first kappa shape index (κ1) is 24.2. The molecule has 2 aromatic carbocycles. The summed E-state index contributed by atoms with van der Waals surface area (Å²) in [6, 6.07) is 11.2. The van der Waals surface area contributed by atoms with Gasteiger partial charge >= 0.3 is 0 Å². The van der Waals surface area contributed by atoms with Crippen molar-refractivity contribution in [2.24, 2.45) is 0 Å². The summed E-state index contributed by atoms with van der Waals surface area (Å²) in [6.07, 6.45) is 0.840. The van der Waals surface area contributed by atoms with Crippen LogP contribution in [0.5, 0.6) is 5.75 Å². The summed E-state index contributed by atoms with van der Waals surface area (Å²) >= 11 is 0. The number of ether oxygens (including phenoxy) is 1. The van der Waals surface area contributed by atoms with Gasteiger partial charge in [0.1, 0.15) is 10.6 Å². The molecule has 168 valence electrons. The Morgan fingerprint density at radius 3 is 2.45 bits per heavy atom. The number of nitrogens with zero attached hydrogens (tertiary/aromatic N) is 1. The molecule has 0 aromatic heterocycles. The van der Waals surface area contributed by atoms with Crippen molar-refractivity contribution in [3.63, 3.8) is 0 Å². The van der Waals surface area contributed by atoms with E-state index < -0.39 is 10.0 Å². The van der Waals surface area contributed by atoms with Gasteiger partial charge in [0.25, 0.3) is 5.91 Å². The van der Waals surface area contributed by atoms with Crippen molar-refractivity contribution >= 4 is 33.2 Å². The van der Waals surface area contributed by atoms with Crippen LogP contribution < -0.4 is 20.7 Å². The van der Waals surface area contributed by atoms with E-state index in [4.69, 9.17) is 4.74 Å². The third-order valence-corrected chi connectivity index (χ3v) is 6.16. The van der Waals surface area contributed by atoms with Crippen LogP contribution in [0.1, 0.15) is 23.7 Å². The minimum atomic E-state index is -3.75. The topological polar surface area (TPSA) is 117 Å². The fraction of sp³-hybridized carbons (Fsp3) is 0.333. The summed E-state index contributed by atoms with van der Waals surface area (Å²) < 4.78 is 31.2. The van der Waals surface area contributed by atoms with Crippen LogP contribution in [0.3, 0.4) is 0 Å². The molecule has 0 spiro atoms. The normalized spacial score (nSPS) is 11.1. The predicted molar refractivity (Wildman–Crippen MR) is 120 cm³/mol. The van der Waals surface area contributed by atoms with Crippen LogP contribution in [-0.2, 0) is 14.8 Å². The first-order chi connectivity index (χ1) is 14.7. The van der Waals surface area contributed by atoms with Gasteiger partial charge in [-0.25, -0.2) is 12.7 Å². The molecule has 2 rings (SSSR count). The maximum atomic E-state index is 12.5. The Labute approximate surface area is 182 Å². The second-order valence-corrected chi connectivity index (χ2v) is 9.01. The highest BCUT2D eigenvalue weighted by Gasteiger charge is 2.23. The summed E-state index contributed by atoms with van der Waals surface area (Å²) in [6.45, 7) is 2.49. The van der Waals surface area contributed by atoms with E-state index in [9.17, 15) is 18.0 Å². The molecule has 0 aliphatic rings. The van der Waals surface area contributed by atoms with Gasteiger partial charge in [-0.2, -0.15) is 0 Å². The Bertz CT molecular complexity index is 1040. The summed E-state index contributed by atoms with van der Waals surface area (Å²) in [7, 11) is 0.463. The SMILES string of the molecule is CCCNC(=O)c1cccc(NCC(=O)Nc2ccc(OC)c(S(=O)(=O)N(C)C)c2)c1. The Hall–Kier alpha value is -3.11. The van der Waals surface area contributed by atoms with Crippen molar-refractivity contribution in [3.05, 3.63) is 48.0 Å². The Kier molecular flexibility index (Phi) is 8.40. The molecule has 3 N–H and O–H groups in total. The molecule has 10 heteroatoms. The number of rotatable bonds is 10. The van der Waals surface area contributed by atoms with Gasteiger partial charge in [-0.3, -0.25) is 9.59 Å². The standard InChI is InChI=1S/C21H28N4O5S/c1-5-11-22-21(27)15-7-6-8-16(12-15)23-14-20(26)24-17-9-10-18(30-4)19(13-17)31(28,29)25(2)3/h6-10,12-13,23H,5,11,14H2,1-4H3,(H,22,27)(H,24,26). The van der Waals surface area contributed by atoms with Crippen molar-refractivity contribution in [2.75, 3.05) is 44.9 Å². The van der Waals surface area contributed by atoms with Gasteiger partial charge in [0.2, 0.25) is 15.9 Å². The van der Waals surface area contributed by atoms with Gasteiger partial charge < -0.3 is 20.7 Å². The molecule has 0 radical (unpaired) electrons. The lowest BCUT2D eigenvalue weighted by Crippen LogP contribution is -2.25. The van der Waals surface area contributed by atoms with E-state index in [-0.39, 0.29) is 29.0 Å². The molecule has 0 unspecified atom stereocenters. The van der Waals surface area contributed by atoms with Crippen molar-refractivity contribution in [1.82, 2.24) is 9.62 Å². The van der Waals surface area contributed by atoms with Crippen molar-refractivity contribution < 1.29 is 22.7 Å². The molecule has 0 heterocycles. The highest BCUT2D eigenvalue weighted by Crippen LogP contribution is 2.28. The molecule has 31 heavy (non-hydrogen) atoms. The van der Waals surface area contributed by atoms with Crippen molar-refractivity contribution in [1.29, 1.82) is 0 Å². The molecule has 0 atom stereocenters. The third-order valence-electron chi connectivity index (χ3n) is 4.32. The van der Waals surface area contributed by atoms with E-state index in [0.717, 1.165) is 10.7 Å². The predicted octanol–water partition coefficient (Wildman–Crippen LogP) is 2.14. The minimum Gasteiger partial charge on any atom is -0.495 e. The average Bonchev–Trinajstić information content (AvgIpc) is 2.76. The quantitative estimate of drug-likeness (QED) is 0.513. The molecule has 0 bridgehead atoms. The van der Waals surface area contributed by atoms with E-state index in [1.807, 2.05) is 6.92 Å². The van der Waals surface area contributed by atoms with Crippen LogP contribution in [0.4, 0.5) is 11.4 Å². The fourth-order valence-electron chi connectivity index (χ4n) is 2.65. The number of anilines is 2. The number of carbonyl (C=O) groups excluding carboxylic acids is 2. The third kappa shape index (κ3) is 6.43.